The number of amides is 1. The Morgan fingerprint density at radius 2 is 2.00 bits per heavy atom. The Balaban J connectivity index is 2.53. The number of anilines is 1. The fraction of sp³-hybridized carbons (Fsp3) is 0.500. The topological polar surface area (TPSA) is 50.4 Å². The molecule has 0 spiro atoms. The van der Waals surface area contributed by atoms with E-state index >= 15 is 0 Å². The molecule has 2 N–H and O–H groups in total. The van der Waals surface area contributed by atoms with E-state index in [-0.39, 0.29) is 11.9 Å². The molecule has 18 heavy (non-hydrogen) atoms. The maximum atomic E-state index is 11.9. The molecule has 0 aromatic heterocycles. The van der Waals surface area contributed by atoms with Gasteiger partial charge in [-0.05, 0) is 37.6 Å². The molecule has 1 unspecified atom stereocenters. The van der Waals surface area contributed by atoms with Crippen LogP contribution in [0.2, 0.25) is 0 Å². The highest BCUT2D eigenvalue weighted by atomic mass is 16.5. The third-order valence-electron chi connectivity index (χ3n) is 2.52. The van der Waals surface area contributed by atoms with E-state index in [1.165, 1.54) is 0 Å². The highest BCUT2D eigenvalue weighted by Gasteiger charge is 2.09. The van der Waals surface area contributed by atoms with Crippen LogP contribution in [0.25, 0.3) is 0 Å². The summed E-state index contributed by atoms with van der Waals surface area (Å²) in [6.07, 6.45) is 1.08. The van der Waals surface area contributed by atoms with Gasteiger partial charge in [-0.3, -0.25) is 4.79 Å². The predicted octanol–water partition coefficient (Wildman–Crippen LogP) is 2.27. The van der Waals surface area contributed by atoms with Crippen LogP contribution in [0.3, 0.4) is 0 Å². The maximum Gasteiger partial charge on any atom is 0.251 e. The van der Waals surface area contributed by atoms with E-state index in [0.29, 0.717) is 12.2 Å². The average molecular weight is 250 g/mol. The Kier molecular flexibility index (Phi) is 6.22. The van der Waals surface area contributed by atoms with Gasteiger partial charge in [-0.2, -0.15) is 0 Å². The molecule has 0 aliphatic heterocycles. The second-order valence-electron chi connectivity index (χ2n) is 4.33. The van der Waals surface area contributed by atoms with Crippen molar-refractivity contribution in [2.24, 2.45) is 0 Å². The number of carbonyl (C=O) groups excluding carboxylic acids is 1. The standard InChI is InChI=1S/C14H22N2O2/c1-4-9-15-13-7-5-12(6-8-13)14(17)16-11(2)10-18-3/h5-8,11,15H,4,9-10H2,1-3H3,(H,16,17). The summed E-state index contributed by atoms with van der Waals surface area (Å²) in [6, 6.07) is 7.51. The molecule has 1 aromatic rings. The molecule has 4 heteroatoms. The molecule has 0 saturated heterocycles. The molecule has 0 saturated carbocycles. The molecule has 4 nitrogen and oxygen atoms in total. The Hall–Kier alpha value is -1.55. The van der Waals surface area contributed by atoms with Crippen LogP contribution < -0.4 is 10.6 Å². The maximum absolute atomic E-state index is 11.9. The number of ether oxygens (including phenoxy) is 1. The molecular weight excluding hydrogens is 228 g/mol. The first-order valence-electron chi connectivity index (χ1n) is 6.31. The minimum atomic E-state index is -0.0680. The highest BCUT2D eigenvalue weighted by Crippen LogP contribution is 2.09. The van der Waals surface area contributed by atoms with E-state index in [1.54, 1.807) is 7.11 Å². The summed E-state index contributed by atoms with van der Waals surface area (Å²) in [4.78, 5) is 11.9. The second-order valence-corrected chi connectivity index (χ2v) is 4.33. The molecule has 0 heterocycles. The van der Waals surface area contributed by atoms with Crippen LogP contribution in [-0.2, 0) is 4.74 Å². The summed E-state index contributed by atoms with van der Waals surface area (Å²) < 4.78 is 4.98. The van der Waals surface area contributed by atoms with Crippen molar-refractivity contribution in [3.63, 3.8) is 0 Å². The molecule has 100 valence electrons. The Morgan fingerprint density at radius 3 is 2.56 bits per heavy atom. The first-order chi connectivity index (χ1) is 8.67. The lowest BCUT2D eigenvalue weighted by molar-refractivity contribution is 0.0905. The highest BCUT2D eigenvalue weighted by molar-refractivity contribution is 5.94. The van der Waals surface area contributed by atoms with Crippen molar-refractivity contribution >= 4 is 11.6 Å². The Morgan fingerprint density at radius 1 is 1.33 bits per heavy atom. The fourth-order valence-electron chi connectivity index (χ4n) is 1.61. The van der Waals surface area contributed by atoms with Crippen LogP contribution in [0.15, 0.2) is 24.3 Å². The fourth-order valence-corrected chi connectivity index (χ4v) is 1.61. The first-order valence-corrected chi connectivity index (χ1v) is 6.31. The van der Waals surface area contributed by atoms with Gasteiger partial charge in [0.25, 0.3) is 5.91 Å². The number of methoxy groups -OCH3 is 1. The van der Waals surface area contributed by atoms with Gasteiger partial charge < -0.3 is 15.4 Å². The van der Waals surface area contributed by atoms with Crippen LogP contribution in [-0.4, -0.2) is 32.2 Å². The van der Waals surface area contributed by atoms with Gasteiger partial charge in [-0.1, -0.05) is 6.92 Å². The Bertz CT molecular complexity index is 363. The van der Waals surface area contributed by atoms with E-state index in [2.05, 4.69) is 17.6 Å². The number of carbonyl (C=O) groups is 1. The minimum Gasteiger partial charge on any atom is -0.385 e. The van der Waals surface area contributed by atoms with Gasteiger partial charge in [-0.25, -0.2) is 0 Å². The summed E-state index contributed by atoms with van der Waals surface area (Å²) >= 11 is 0. The minimum absolute atomic E-state index is 0.0143. The molecule has 1 atom stereocenters. The molecule has 0 fully saturated rings. The van der Waals surface area contributed by atoms with Crippen molar-refractivity contribution in [2.75, 3.05) is 25.6 Å². The van der Waals surface area contributed by atoms with Crippen LogP contribution >= 0.6 is 0 Å². The molecule has 1 amide bonds. The molecule has 0 aliphatic rings. The predicted molar refractivity (Wildman–Crippen MR) is 74.0 cm³/mol. The Labute approximate surface area is 109 Å². The van der Waals surface area contributed by atoms with Crippen LogP contribution in [0, 0.1) is 0 Å². The molecule has 0 bridgehead atoms. The third-order valence-corrected chi connectivity index (χ3v) is 2.52. The average Bonchev–Trinajstić information content (AvgIpc) is 2.37. The van der Waals surface area contributed by atoms with E-state index in [0.717, 1.165) is 18.7 Å². The lowest BCUT2D eigenvalue weighted by Crippen LogP contribution is -2.35. The van der Waals surface area contributed by atoms with Gasteiger partial charge in [-0.15, -0.1) is 0 Å². The number of hydrogen-bond donors (Lipinski definition) is 2. The van der Waals surface area contributed by atoms with Crippen molar-refractivity contribution in [2.45, 2.75) is 26.3 Å². The number of nitrogens with one attached hydrogen (secondary N) is 2. The van der Waals surface area contributed by atoms with E-state index < -0.39 is 0 Å². The summed E-state index contributed by atoms with van der Waals surface area (Å²) in [5, 5.41) is 6.15. The number of hydrogen-bond acceptors (Lipinski definition) is 3. The van der Waals surface area contributed by atoms with Gasteiger partial charge in [0, 0.05) is 30.9 Å². The van der Waals surface area contributed by atoms with Crippen LogP contribution in [0.4, 0.5) is 5.69 Å². The lowest BCUT2D eigenvalue weighted by Gasteiger charge is -2.13. The monoisotopic (exact) mass is 250 g/mol. The molecule has 0 aliphatic carbocycles. The summed E-state index contributed by atoms with van der Waals surface area (Å²) in [5.74, 6) is -0.0680. The SMILES string of the molecule is CCCNc1ccc(C(=O)NC(C)COC)cc1. The first kappa shape index (κ1) is 14.5. The number of rotatable bonds is 7. The van der Waals surface area contributed by atoms with Crippen molar-refractivity contribution in [1.29, 1.82) is 0 Å². The van der Waals surface area contributed by atoms with Crippen molar-refractivity contribution in [3.8, 4) is 0 Å². The smallest absolute Gasteiger partial charge is 0.251 e. The molecule has 1 rings (SSSR count). The second kappa shape index (κ2) is 7.71. The summed E-state index contributed by atoms with van der Waals surface area (Å²) in [5.41, 5.74) is 1.71. The van der Waals surface area contributed by atoms with Crippen molar-refractivity contribution < 1.29 is 9.53 Å². The normalized spacial score (nSPS) is 11.9. The lowest BCUT2D eigenvalue weighted by atomic mass is 10.2. The summed E-state index contributed by atoms with van der Waals surface area (Å²) in [7, 11) is 1.62. The van der Waals surface area contributed by atoms with Crippen LogP contribution in [0.5, 0.6) is 0 Å². The quantitative estimate of drug-likeness (QED) is 0.780. The van der Waals surface area contributed by atoms with Gasteiger partial charge >= 0.3 is 0 Å². The summed E-state index contributed by atoms with van der Waals surface area (Å²) in [6.45, 7) is 5.49. The largest absolute Gasteiger partial charge is 0.385 e. The zero-order valence-corrected chi connectivity index (χ0v) is 11.3. The molecule has 1 aromatic carbocycles. The van der Waals surface area contributed by atoms with Gasteiger partial charge in [0.2, 0.25) is 0 Å². The van der Waals surface area contributed by atoms with Crippen molar-refractivity contribution in [3.05, 3.63) is 29.8 Å². The van der Waals surface area contributed by atoms with Crippen molar-refractivity contribution in [1.82, 2.24) is 5.32 Å². The van der Waals surface area contributed by atoms with Gasteiger partial charge in [0.05, 0.1) is 6.61 Å². The van der Waals surface area contributed by atoms with E-state index in [1.807, 2.05) is 31.2 Å². The number of benzene rings is 1. The van der Waals surface area contributed by atoms with Crippen LogP contribution in [0.1, 0.15) is 30.6 Å². The third kappa shape index (κ3) is 4.75. The zero-order valence-electron chi connectivity index (χ0n) is 11.3. The van der Waals surface area contributed by atoms with E-state index in [9.17, 15) is 4.79 Å². The zero-order chi connectivity index (χ0) is 13.4. The molecular formula is C14H22N2O2. The van der Waals surface area contributed by atoms with E-state index in [4.69, 9.17) is 4.74 Å². The van der Waals surface area contributed by atoms with Gasteiger partial charge in [0.15, 0.2) is 0 Å². The van der Waals surface area contributed by atoms with Gasteiger partial charge in [0.1, 0.15) is 0 Å². The molecule has 0 radical (unpaired) electrons.